The number of rotatable bonds is 5. The van der Waals surface area contributed by atoms with E-state index in [1.54, 1.807) is 11.0 Å². The van der Waals surface area contributed by atoms with E-state index in [0.29, 0.717) is 24.3 Å². The highest BCUT2D eigenvalue weighted by Gasteiger charge is 2.27. The number of benzene rings is 2. The van der Waals surface area contributed by atoms with Crippen LogP contribution in [-0.2, 0) is 11.2 Å². The van der Waals surface area contributed by atoms with Crippen LogP contribution in [0.15, 0.2) is 42.5 Å². The molecule has 0 radical (unpaired) electrons. The molecule has 1 saturated heterocycles. The van der Waals surface area contributed by atoms with Crippen LogP contribution in [0.2, 0.25) is 0 Å². The van der Waals surface area contributed by atoms with E-state index < -0.39 is 4.92 Å². The highest BCUT2D eigenvalue weighted by atomic mass is 16.6. The van der Waals surface area contributed by atoms with Gasteiger partial charge in [-0.2, -0.15) is 0 Å². The molecule has 28 heavy (non-hydrogen) atoms. The number of hydrogen-bond donors (Lipinski definition) is 1. The van der Waals surface area contributed by atoms with Crippen LogP contribution in [0.4, 0.5) is 17.1 Å². The van der Waals surface area contributed by atoms with E-state index in [1.807, 2.05) is 24.3 Å². The van der Waals surface area contributed by atoms with Crippen LogP contribution in [0.5, 0.6) is 0 Å². The number of hydrogen-bond acceptors (Lipinski definition) is 5. The van der Waals surface area contributed by atoms with Crippen molar-refractivity contribution in [3.8, 4) is 0 Å². The SMILES string of the molecule is O=C(c1cc([N+](=O)[O-])ccc1NC[C@H]1CCCO1)N1CCCc2ccccc21. The zero-order valence-electron chi connectivity index (χ0n) is 15.6. The van der Waals surface area contributed by atoms with Gasteiger partial charge in [-0.05, 0) is 43.4 Å². The molecular formula is C21H23N3O4. The average Bonchev–Trinajstić information content (AvgIpc) is 3.25. The van der Waals surface area contributed by atoms with Gasteiger partial charge in [0.2, 0.25) is 0 Å². The Morgan fingerprint density at radius 3 is 2.89 bits per heavy atom. The first-order chi connectivity index (χ1) is 13.6. The van der Waals surface area contributed by atoms with Crippen molar-refractivity contribution in [2.75, 3.05) is 29.9 Å². The van der Waals surface area contributed by atoms with Crippen molar-refractivity contribution in [1.82, 2.24) is 0 Å². The van der Waals surface area contributed by atoms with E-state index in [9.17, 15) is 14.9 Å². The van der Waals surface area contributed by atoms with Crippen LogP contribution in [0.1, 0.15) is 35.2 Å². The summed E-state index contributed by atoms with van der Waals surface area (Å²) in [6.45, 7) is 1.93. The van der Waals surface area contributed by atoms with Gasteiger partial charge in [0, 0.05) is 43.2 Å². The molecular weight excluding hydrogens is 358 g/mol. The number of nitrogens with one attached hydrogen (secondary N) is 1. The van der Waals surface area contributed by atoms with Crippen molar-refractivity contribution in [3.05, 3.63) is 63.7 Å². The van der Waals surface area contributed by atoms with Crippen molar-refractivity contribution < 1.29 is 14.5 Å². The van der Waals surface area contributed by atoms with E-state index in [4.69, 9.17) is 4.74 Å². The van der Waals surface area contributed by atoms with Crippen LogP contribution in [-0.4, -0.2) is 36.6 Å². The summed E-state index contributed by atoms with van der Waals surface area (Å²) in [7, 11) is 0. The van der Waals surface area contributed by atoms with Gasteiger partial charge in [0.15, 0.2) is 0 Å². The van der Waals surface area contributed by atoms with Crippen molar-refractivity contribution >= 4 is 23.0 Å². The van der Waals surface area contributed by atoms with Gasteiger partial charge < -0.3 is 15.0 Å². The second-order valence-electron chi connectivity index (χ2n) is 7.19. The Kier molecular flexibility index (Phi) is 5.25. The lowest BCUT2D eigenvalue weighted by Crippen LogP contribution is -2.36. The zero-order chi connectivity index (χ0) is 19.5. The van der Waals surface area contributed by atoms with Crippen LogP contribution in [0.3, 0.4) is 0 Å². The summed E-state index contributed by atoms with van der Waals surface area (Å²) in [5.41, 5.74) is 2.85. The third-order valence-corrected chi connectivity index (χ3v) is 5.34. The van der Waals surface area contributed by atoms with Gasteiger partial charge in [0.05, 0.1) is 16.6 Å². The van der Waals surface area contributed by atoms with Gasteiger partial charge in [-0.25, -0.2) is 0 Å². The summed E-state index contributed by atoms with van der Waals surface area (Å²) in [6.07, 6.45) is 3.91. The quantitative estimate of drug-likeness (QED) is 0.629. The van der Waals surface area contributed by atoms with Crippen LogP contribution >= 0.6 is 0 Å². The van der Waals surface area contributed by atoms with Crippen LogP contribution < -0.4 is 10.2 Å². The molecule has 2 heterocycles. The van der Waals surface area contributed by atoms with Gasteiger partial charge in [0.25, 0.3) is 11.6 Å². The monoisotopic (exact) mass is 381 g/mol. The number of nitrogens with zero attached hydrogens (tertiary/aromatic N) is 2. The molecule has 1 fully saturated rings. The molecule has 1 N–H and O–H groups in total. The number of anilines is 2. The molecule has 2 aliphatic heterocycles. The summed E-state index contributed by atoms with van der Waals surface area (Å²) < 4.78 is 5.63. The minimum absolute atomic E-state index is 0.0867. The predicted molar refractivity (Wildman–Crippen MR) is 107 cm³/mol. The van der Waals surface area contributed by atoms with Gasteiger partial charge in [-0.3, -0.25) is 14.9 Å². The Labute approximate surface area is 163 Å². The zero-order valence-corrected chi connectivity index (χ0v) is 15.6. The molecule has 2 aromatic rings. The van der Waals surface area contributed by atoms with Crippen LogP contribution in [0.25, 0.3) is 0 Å². The van der Waals surface area contributed by atoms with E-state index in [2.05, 4.69) is 5.32 Å². The molecule has 1 atom stereocenters. The number of fused-ring (bicyclic) bond motifs is 1. The maximum absolute atomic E-state index is 13.4. The van der Waals surface area contributed by atoms with Gasteiger partial charge in [0.1, 0.15) is 0 Å². The molecule has 0 unspecified atom stereocenters. The first kappa shape index (κ1) is 18.4. The predicted octanol–water partition coefficient (Wildman–Crippen LogP) is 3.78. The van der Waals surface area contributed by atoms with Gasteiger partial charge in [-0.15, -0.1) is 0 Å². The summed E-state index contributed by atoms with van der Waals surface area (Å²) in [5.74, 6) is -0.217. The smallest absolute Gasteiger partial charge is 0.270 e. The van der Waals surface area contributed by atoms with Crippen molar-refractivity contribution in [2.45, 2.75) is 31.8 Å². The topological polar surface area (TPSA) is 84.7 Å². The van der Waals surface area contributed by atoms with Gasteiger partial charge in [-0.1, -0.05) is 18.2 Å². The molecule has 1 amide bonds. The van der Waals surface area contributed by atoms with Crippen molar-refractivity contribution in [3.63, 3.8) is 0 Å². The summed E-state index contributed by atoms with van der Waals surface area (Å²) in [6, 6.07) is 12.3. The lowest BCUT2D eigenvalue weighted by atomic mass is 10.0. The maximum Gasteiger partial charge on any atom is 0.270 e. The fourth-order valence-corrected chi connectivity index (χ4v) is 3.90. The van der Waals surface area contributed by atoms with Crippen molar-refractivity contribution in [2.24, 2.45) is 0 Å². The highest BCUT2D eigenvalue weighted by Crippen LogP contribution is 2.31. The Hall–Kier alpha value is -2.93. The minimum atomic E-state index is -0.467. The first-order valence-electron chi connectivity index (χ1n) is 9.67. The Morgan fingerprint density at radius 2 is 2.11 bits per heavy atom. The number of amides is 1. The number of carbonyl (C=O) groups excluding carboxylic acids is 1. The number of para-hydroxylation sites is 1. The van der Waals surface area contributed by atoms with E-state index in [1.165, 1.54) is 12.1 Å². The molecule has 7 nitrogen and oxygen atoms in total. The largest absolute Gasteiger partial charge is 0.382 e. The number of ether oxygens (including phenoxy) is 1. The van der Waals surface area contributed by atoms with Crippen LogP contribution in [0, 0.1) is 10.1 Å². The Balaban J connectivity index is 1.65. The summed E-state index contributed by atoms with van der Waals surface area (Å²) in [5, 5.41) is 14.5. The molecule has 2 aliphatic rings. The molecule has 0 bridgehead atoms. The third-order valence-electron chi connectivity index (χ3n) is 5.34. The molecule has 2 aromatic carbocycles. The highest BCUT2D eigenvalue weighted by molar-refractivity contribution is 6.10. The minimum Gasteiger partial charge on any atom is -0.382 e. The lowest BCUT2D eigenvalue weighted by Gasteiger charge is -2.30. The molecule has 0 aliphatic carbocycles. The fourth-order valence-electron chi connectivity index (χ4n) is 3.90. The Morgan fingerprint density at radius 1 is 1.25 bits per heavy atom. The Bertz CT molecular complexity index is 893. The number of nitro groups is 1. The lowest BCUT2D eigenvalue weighted by molar-refractivity contribution is -0.384. The van der Waals surface area contributed by atoms with E-state index >= 15 is 0 Å². The second kappa shape index (κ2) is 7.98. The molecule has 0 spiro atoms. The summed E-state index contributed by atoms with van der Waals surface area (Å²) >= 11 is 0. The molecule has 0 aromatic heterocycles. The summed E-state index contributed by atoms with van der Waals surface area (Å²) in [4.78, 5) is 25.9. The number of nitro benzene ring substituents is 1. The maximum atomic E-state index is 13.4. The first-order valence-corrected chi connectivity index (χ1v) is 9.67. The van der Waals surface area contributed by atoms with Crippen molar-refractivity contribution in [1.29, 1.82) is 0 Å². The van der Waals surface area contributed by atoms with E-state index in [0.717, 1.165) is 43.5 Å². The molecule has 7 heteroatoms. The standard InChI is InChI=1S/C21H23N3O4/c25-21(23-11-3-6-15-5-1-2-8-20(15)23)18-13-16(24(26)27)9-10-19(18)22-14-17-7-4-12-28-17/h1-2,5,8-10,13,17,22H,3-4,6-7,11-12,14H2/t17-/m1/s1. The molecule has 0 saturated carbocycles. The molecule has 4 rings (SSSR count). The third kappa shape index (κ3) is 3.71. The van der Waals surface area contributed by atoms with Gasteiger partial charge >= 0.3 is 0 Å². The second-order valence-corrected chi connectivity index (χ2v) is 7.19. The molecule has 146 valence electrons. The fraction of sp³-hybridized carbons (Fsp3) is 0.381. The average molecular weight is 381 g/mol. The number of non-ortho nitro benzene ring substituents is 1. The number of aryl methyl sites for hydroxylation is 1. The number of carbonyl (C=O) groups is 1. The normalized spacial score (nSPS) is 18.6. The van der Waals surface area contributed by atoms with E-state index in [-0.39, 0.29) is 17.7 Å².